The van der Waals surface area contributed by atoms with Crippen molar-refractivity contribution in [3.63, 3.8) is 0 Å². The van der Waals surface area contributed by atoms with Crippen molar-refractivity contribution in [2.45, 2.75) is 19.8 Å². The van der Waals surface area contributed by atoms with E-state index in [0.717, 1.165) is 24.3 Å². The van der Waals surface area contributed by atoms with Gasteiger partial charge >= 0.3 is 0 Å². The van der Waals surface area contributed by atoms with E-state index in [9.17, 15) is 10.1 Å². The van der Waals surface area contributed by atoms with Crippen LogP contribution in [0.1, 0.15) is 18.4 Å². The van der Waals surface area contributed by atoms with Crippen molar-refractivity contribution >= 4 is 11.4 Å². The Bertz CT molecular complexity index is 428. The molecule has 1 heterocycles. The van der Waals surface area contributed by atoms with Gasteiger partial charge in [0.25, 0.3) is 5.69 Å². The predicted molar refractivity (Wildman–Crippen MR) is 72.0 cm³/mol. The molecule has 18 heavy (non-hydrogen) atoms. The number of likely N-dealkylation sites (tertiary alicyclic amines) is 1. The van der Waals surface area contributed by atoms with E-state index in [1.807, 2.05) is 13.0 Å². The number of non-ortho nitro benzene ring substituents is 1. The first-order valence-corrected chi connectivity index (χ1v) is 6.37. The van der Waals surface area contributed by atoms with Crippen LogP contribution in [0.2, 0.25) is 0 Å². The van der Waals surface area contributed by atoms with E-state index in [0.29, 0.717) is 0 Å². The van der Waals surface area contributed by atoms with E-state index < -0.39 is 0 Å². The zero-order valence-electron chi connectivity index (χ0n) is 10.7. The highest BCUT2D eigenvalue weighted by molar-refractivity contribution is 5.53. The van der Waals surface area contributed by atoms with Gasteiger partial charge in [-0.3, -0.25) is 10.1 Å². The normalized spacial score (nSPS) is 15.8. The van der Waals surface area contributed by atoms with E-state index in [1.54, 1.807) is 12.1 Å². The van der Waals surface area contributed by atoms with Crippen LogP contribution in [0.5, 0.6) is 0 Å². The highest BCUT2D eigenvalue weighted by atomic mass is 16.6. The third-order valence-electron chi connectivity index (χ3n) is 3.23. The van der Waals surface area contributed by atoms with Gasteiger partial charge in [0.2, 0.25) is 0 Å². The SMILES string of the molecule is Cc1cc(NCCN2CCCC2)cc([N+](=O)[O-])c1. The van der Waals surface area contributed by atoms with Crippen LogP contribution in [0.3, 0.4) is 0 Å². The zero-order valence-corrected chi connectivity index (χ0v) is 10.7. The molecular formula is C13H19N3O2. The fourth-order valence-electron chi connectivity index (χ4n) is 2.33. The van der Waals surface area contributed by atoms with E-state index in [1.165, 1.54) is 25.9 Å². The summed E-state index contributed by atoms with van der Waals surface area (Å²) in [7, 11) is 0. The first kappa shape index (κ1) is 12.8. The molecule has 5 nitrogen and oxygen atoms in total. The van der Waals surface area contributed by atoms with E-state index in [-0.39, 0.29) is 10.6 Å². The quantitative estimate of drug-likeness (QED) is 0.643. The van der Waals surface area contributed by atoms with Gasteiger partial charge in [0.1, 0.15) is 0 Å². The maximum atomic E-state index is 10.8. The number of hydrogen-bond donors (Lipinski definition) is 1. The van der Waals surface area contributed by atoms with Gasteiger partial charge in [0.05, 0.1) is 4.92 Å². The van der Waals surface area contributed by atoms with E-state index >= 15 is 0 Å². The molecule has 0 saturated carbocycles. The van der Waals surface area contributed by atoms with Crippen molar-refractivity contribution in [2.24, 2.45) is 0 Å². The van der Waals surface area contributed by atoms with Gasteiger partial charge in [0.15, 0.2) is 0 Å². The van der Waals surface area contributed by atoms with Crippen LogP contribution in [0, 0.1) is 17.0 Å². The molecule has 1 aromatic rings. The van der Waals surface area contributed by atoms with Crippen molar-refractivity contribution < 1.29 is 4.92 Å². The van der Waals surface area contributed by atoms with Gasteiger partial charge in [-0.2, -0.15) is 0 Å². The van der Waals surface area contributed by atoms with Crippen LogP contribution in [0.4, 0.5) is 11.4 Å². The molecule has 1 saturated heterocycles. The first-order valence-electron chi connectivity index (χ1n) is 6.37. The summed E-state index contributed by atoms with van der Waals surface area (Å²) in [6, 6.07) is 5.12. The summed E-state index contributed by atoms with van der Waals surface area (Å²) < 4.78 is 0. The molecule has 98 valence electrons. The van der Waals surface area contributed by atoms with Crippen LogP contribution in [0.25, 0.3) is 0 Å². The molecule has 0 amide bonds. The molecule has 0 aromatic heterocycles. The average molecular weight is 249 g/mol. The molecule has 0 unspecified atom stereocenters. The topological polar surface area (TPSA) is 58.4 Å². The number of nitro benzene ring substituents is 1. The Morgan fingerprint density at radius 1 is 1.33 bits per heavy atom. The predicted octanol–water partition coefficient (Wildman–Crippen LogP) is 2.41. The first-order chi connectivity index (χ1) is 8.65. The maximum Gasteiger partial charge on any atom is 0.271 e. The number of nitrogens with one attached hydrogen (secondary N) is 1. The van der Waals surface area contributed by atoms with Crippen LogP contribution >= 0.6 is 0 Å². The van der Waals surface area contributed by atoms with Crippen LogP contribution in [-0.4, -0.2) is 36.0 Å². The summed E-state index contributed by atoms with van der Waals surface area (Å²) in [6.07, 6.45) is 2.58. The summed E-state index contributed by atoms with van der Waals surface area (Å²) in [6.45, 7) is 6.06. The fraction of sp³-hybridized carbons (Fsp3) is 0.538. The minimum atomic E-state index is -0.349. The molecule has 1 aliphatic heterocycles. The van der Waals surface area contributed by atoms with E-state index in [2.05, 4.69) is 10.2 Å². The molecular weight excluding hydrogens is 230 g/mol. The van der Waals surface area contributed by atoms with Gasteiger partial charge in [-0.05, 0) is 44.5 Å². The van der Waals surface area contributed by atoms with Crippen LogP contribution in [-0.2, 0) is 0 Å². The number of nitro groups is 1. The van der Waals surface area contributed by atoms with Crippen molar-refractivity contribution in [1.82, 2.24) is 4.90 Å². The molecule has 0 bridgehead atoms. The number of nitrogens with zero attached hydrogens (tertiary/aromatic N) is 2. The molecule has 1 N–H and O–H groups in total. The summed E-state index contributed by atoms with van der Waals surface area (Å²) in [5.74, 6) is 0. The minimum absolute atomic E-state index is 0.152. The highest BCUT2D eigenvalue weighted by Crippen LogP contribution is 2.20. The van der Waals surface area contributed by atoms with Gasteiger partial charge in [-0.15, -0.1) is 0 Å². The number of anilines is 1. The van der Waals surface area contributed by atoms with Gasteiger partial charge in [0, 0.05) is 30.9 Å². The number of hydrogen-bond acceptors (Lipinski definition) is 4. The van der Waals surface area contributed by atoms with Gasteiger partial charge in [-0.25, -0.2) is 0 Å². The third kappa shape index (κ3) is 3.43. The molecule has 5 heteroatoms. The Kier molecular flexibility index (Phi) is 4.15. The summed E-state index contributed by atoms with van der Waals surface area (Å²) >= 11 is 0. The summed E-state index contributed by atoms with van der Waals surface area (Å²) in [4.78, 5) is 12.8. The Labute approximate surface area is 107 Å². The summed E-state index contributed by atoms with van der Waals surface area (Å²) in [5.41, 5.74) is 1.90. The lowest BCUT2D eigenvalue weighted by Crippen LogP contribution is -2.25. The van der Waals surface area contributed by atoms with Crippen LogP contribution in [0.15, 0.2) is 18.2 Å². The van der Waals surface area contributed by atoms with Crippen molar-refractivity contribution in [3.8, 4) is 0 Å². The van der Waals surface area contributed by atoms with Crippen LogP contribution < -0.4 is 5.32 Å². The van der Waals surface area contributed by atoms with Crippen molar-refractivity contribution in [2.75, 3.05) is 31.5 Å². The molecule has 0 aliphatic carbocycles. The number of aryl methyl sites for hydroxylation is 1. The Hall–Kier alpha value is -1.62. The van der Waals surface area contributed by atoms with Crippen molar-refractivity contribution in [1.29, 1.82) is 0 Å². The Morgan fingerprint density at radius 2 is 2.06 bits per heavy atom. The second-order valence-corrected chi connectivity index (χ2v) is 4.79. The van der Waals surface area contributed by atoms with E-state index in [4.69, 9.17) is 0 Å². The molecule has 0 radical (unpaired) electrons. The molecule has 0 spiro atoms. The smallest absolute Gasteiger partial charge is 0.271 e. The molecule has 1 fully saturated rings. The minimum Gasteiger partial charge on any atom is -0.384 e. The molecule has 2 rings (SSSR count). The Balaban J connectivity index is 1.89. The molecule has 0 atom stereocenters. The lowest BCUT2D eigenvalue weighted by Gasteiger charge is -2.15. The fourth-order valence-corrected chi connectivity index (χ4v) is 2.33. The number of rotatable bonds is 5. The lowest BCUT2D eigenvalue weighted by atomic mass is 10.2. The largest absolute Gasteiger partial charge is 0.384 e. The van der Waals surface area contributed by atoms with Gasteiger partial charge < -0.3 is 10.2 Å². The lowest BCUT2D eigenvalue weighted by molar-refractivity contribution is -0.384. The third-order valence-corrected chi connectivity index (χ3v) is 3.23. The number of benzene rings is 1. The monoisotopic (exact) mass is 249 g/mol. The standard InChI is InChI=1S/C13H19N3O2/c1-11-8-12(10-13(9-11)16(17)18)14-4-7-15-5-2-3-6-15/h8-10,14H,2-7H2,1H3. The van der Waals surface area contributed by atoms with Gasteiger partial charge in [-0.1, -0.05) is 0 Å². The highest BCUT2D eigenvalue weighted by Gasteiger charge is 2.11. The molecule has 1 aromatic carbocycles. The summed E-state index contributed by atoms with van der Waals surface area (Å²) in [5, 5.41) is 14.0. The average Bonchev–Trinajstić information content (AvgIpc) is 2.81. The maximum absolute atomic E-state index is 10.8. The zero-order chi connectivity index (χ0) is 13.0. The van der Waals surface area contributed by atoms with Crippen molar-refractivity contribution in [3.05, 3.63) is 33.9 Å². The molecule has 1 aliphatic rings. The Morgan fingerprint density at radius 3 is 2.72 bits per heavy atom. The second-order valence-electron chi connectivity index (χ2n) is 4.79. The second kappa shape index (κ2) is 5.82.